The number of benzene rings is 1. The summed E-state index contributed by atoms with van der Waals surface area (Å²) >= 11 is 4.45. The lowest BCUT2D eigenvalue weighted by Crippen LogP contribution is -2.37. The normalized spacial score (nSPS) is 14.9. The van der Waals surface area contributed by atoms with E-state index >= 15 is 0 Å². The van der Waals surface area contributed by atoms with Gasteiger partial charge in [-0.3, -0.25) is 5.32 Å². The van der Waals surface area contributed by atoms with Crippen molar-refractivity contribution >= 4 is 39.0 Å². The Morgan fingerprint density at radius 3 is 2.54 bits per heavy atom. The maximum Gasteiger partial charge on any atom is 0.413 e. The summed E-state index contributed by atoms with van der Waals surface area (Å²) in [6.45, 7) is 6.40. The minimum atomic E-state index is -1.25. The van der Waals surface area contributed by atoms with Crippen LogP contribution in [0.5, 0.6) is 0 Å². The maximum atomic E-state index is 14.2. The Hall–Kier alpha value is -1.12. The number of rotatable bonds is 3. The molecule has 0 aliphatic carbocycles. The van der Waals surface area contributed by atoms with E-state index in [0.29, 0.717) is 4.47 Å². The number of ether oxygens (including phenoxy) is 1. The Labute approximate surface area is 154 Å². The molecular weight excluding hydrogens is 399 g/mol. The highest BCUT2D eigenvalue weighted by Crippen LogP contribution is 2.30. The minimum Gasteiger partial charge on any atom is -0.444 e. The highest BCUT2D eigenvalue weighted by Gasteiger charge is 2.30. The summed E-state index contributed by atoms with van der Waals surface area (Å²) < 4.78 is 20.0. The zero-order valence-electron chi connectivity index (χ0n) is 14.3. The number of carbonyl (C=O) groups is 1. The molecule has 0 unspecified atom stereocenters. The van der Waals surface area contributed by atoms with Crippen LogP contribution in [0, 0.1) is 5.82 Å². The van der Waals surface area contributed by atoms with Gasteiger partial charge >= 0.3 is 6.09 Å². The molecule has 0 aliphatic heterocycles. The second-order valence-corrected chi connectivity index (χ2v) is 8.01. The summed E-state index contributed by atoms with van der Waals surface area (Å²) in [5.74, 6) is -0.490. The highest BCUT2D eigenvalue weighted by molar-refractivity contribution is 9.10. The Bertz CT molecular complexity index is 634. The number of amidine groups is 1. The van der Waals surface area contributed by atoms with E-state index in [4.69, 9.17) is 4.74 Å². The number of halogens is 2. The van der Waals surface area contributed by atoms with Gasteiger partial charge in [0, 0.05) is 10.0 Å². The largest absolute Gasteiger partial charge is 0.444 e. The summed E-state index contributed by atoms with van der Waals surface area (Å²) in [5.41, 5.74) is -1.68. The van der Waals surface area contributed by atoms with E-state index in [0.717, 1.165) is 11.8 Å². The van der Waals surface area contributed by atoms with Gasteiger partial charge in [0.05, 0.1) is 6.61 Å². The summed E-state index contributed by atoms with van der Waals surface area (Å²) in [7, 11) is 0. The van der Waals surface area contributed by atoms with E-state index < -0.39 is 29.7 Å². The zero-order valence-corrected chi connectivity index (χ0v) is 16.7. The molecule has 0 fully saturated rings. The van der Waals surface area contributed by atoms with Crippen LogP contribution in [0.2, 0.25) is 0 Å². The first-order valence-electron chi connectivity index (χ1n) is 7.21. The van der Waals surface area contributed by atoms with Crippen molar-refractivity contribution in [1.82, 2.24) is 5.32 Å². The predicted octanol–water partition coefficient (Wildman–Crippen LogP) is 4.04. The molecule has 0 heterocycles. The van der Waals surface area contributed by atoms with Crippen LogP contribution in [0.4, 0.5) is 9.18 Å². The molecule has 0 spiro atoms. The summed E-state index contributed by atoms with van der Waals surface area (Å²) in [4.78, 5) is 16.2. The van der Waals surface area contributed by atoms with Gasteiger partial charge in [0.25, 0.3) is 0 Å². The van der Waals surface area contributed by atoms with E-state index in [9.17, 15) is 14.3 Å². The lowest BCUT2D eigenvalue weighted by molar-refractivity contribution is 0.0564. The van der Waals surface area contributed by atoms with Gasteiger partial charge in [0.1, 0.15) is 17.0 Å². The molecule has 1 amide bonds. The number of aliphatic hydroxyl groups excluding tert-OH is 1. The fourth-order valence-corrected chi connectivity index (χ4v) is 2.67. The lowest BCUT2D eigenvalue weighted by atomic mass is 9.93. The molecule has 0 saturated heterocycles. The minimum absolute atomic E-state index is 0.219. The van der Waals surface area contributed by atoms with Gasteiger partial charge in [-0.15, -0.1) is 0 Å². The van der Waals surface area contributed by atoms with Crippen molar-refractivity contribution in [2.75, 3.05) is 12.9 Å². The molecule has 0 radical (unpaired) electrons. The Morgan fingerprint density at radius 2 is 2.04 bits per heavy atom. The number of nitrogens with one attached hydrogen (secondary N) is 1. The first kappa shape index (κ1) is 20.9. The first-order valence-corrected chi connectivity index (χ1v) is 9.23. The average molecular weight is 421 g/mol. The van der Waals surface area contributed by atoms with Crippen LogP contribution in [0.15, 0.2) is 27.7 Å². The molecule has 24 heavy (non-hydrogen) atoms. The van der Waals surface area contributed by atoms with Gasteiger partial charge in [-0.1, -0.05) is 27.7 Å². The molecular formula is C16H22BrFN2O3S. The van der Waals surface area contributed by atoms with Gasteiger partial charge in [-0.2, -0.15) is 0 Å². The van der Waals surface area contributed by atoms with Gasteiger partial charge in [0.2, 0.25) is 0 Å². The summed E-state index contributed by atoms with van der Waals surface area (Å²) in [5, 5.41) is 12.5. The molecule has 1 aromatic rings. The third kappa shape index (κ3) is 6.07. The zero-order chi connectivity index (χ0) is 18.5. The molecule has 1 atom stereocenters. The number of nitrogens with zero attached hydrogens (tertiary/aromatic N) is 1. The van der Waals surface area contributed by atoms with Gasteiger partial charge < -0.3 is 9.84 Å². The monoisotopic (exact) mass is 420 g/mol. The third-order valence-electron chi connectivity index (χ3n) is 2.97. The molecule has 0 aliphatic rings. The maximum absolute atomic E-state index is 14.2. The van der Waals surface area contributed by atoms with Crippen molar-refractivity contribution in [2.24, 2.45) is 4.99 Å². The molecule has 0 bridgehead atoms. The lowest BCUT2D eigenvalue weighted by Gasteiger charge is -2.26. The van der Waals surface area contributed by atoms with Gasteiger partial charge in [-0.25, -0.2) is 14.2 Å². The highest BCUT2D eigenvalue weighted by atomic mass is 79.9. The molecule has 5 nitrogen and oxygen atoms in total. The number of hydrogen-bond donors (Lipinski definition) is 2. The Morgan fingerprint density at radius 1 is 1.42 bits per heavy atom. The van der Waals surface area contributed by atoms with E-state index in [1.54, 1.807) is 46.1 Å². The fraction of sp³-hybridized carbons (Fsp3) is 0.500. The molecule has 0 saturated carbocycles. The number of amides is 1. The Balaban J connectivity index is 3.14. The second-order valence-electron chi connectivity index (χ2n) is 6.30. The van der Waals surface area contributed by atoms with Crippen molar-refractivity contribution in [3.05, 3.63) is 34.1 Å². The average Bonchev–Trinajstić information content (AvgIpc) is 2.46. The SMILES string of the molecule is CSC(=N[C@](C)(CO)c1cc(Br)ccc1F)NC(=O)OC(C)(C)C. The number of hydrogen-bond acceptors (Lipinski definition) is 5. The quantitative estimate of drug-likeness (QED) is 0.571. The second kappa shape index (κ2) is 8.31. The van der Waals surface area contributed by atoms with E-state index in [1.165, 1.54) is 6.07 Å². The van der Waals surface area contributed by atoms with Crippen molar-refractivity contribution in [3.63, 3.8) is 0 Å². The number of alkyl carbamates (subject to hydrolysis) is 1. The molecule has 2 N–H and O–H groups in total. The molecule has 1 rings (SSSR count). The van der Waals surface area contributed by atoms with Crippen LogP contribution in [-0.2, 0) is 10.3 Å². The van der Waals surface area contributed by atoms with Crippen molar-refractivity contribution in [1.29, 1.82) is 0 Å². The van der Waals surface area contributed by atoms with Crippen LogP contribution in [0.25, 0.3) is 0 Å². The van der Waals surface area contributed by atoms with Crippen LogP contribution in [0.1, 0.15) is 33.3 Å². The number of aliphatic hydroxyl groups is 1. The van der Waals surface area contributed by atoms with Crippen molar-refractivity contribution < 1.29 is 19.0 Å². The van der Waals surface area contributed by atoms with E-state index in [2.05, 4.69) is 26.2 Å². The standard InChI is InChI=1S/C16H22BrFN2O3S/c1-15(2,3)23-14(22)19-13(24-5)20-16(4,9-21)11-8-10(17)6-7-12(11)18/h6-8,21H,9H2,1-5H3,(H,19,20,22)/t16-/m1/s1. The van der Waals surface area contributed by atoms with Gasteiger partial charge in [0.15, 0.2) is 5.17 Å². The van der Waals surface area contributed by atoms with Gasteiger partial charge in [-0.05, 0) is 52.1 Å². The number of thioether (sulfide) groups is 1. The smallest absolute Gasteiger partial charge is 0.413 e. The van der Waals surface area contributed by atoms with Crippen LogP contribution in [0.3, 0.4) is 0 Å². The molecule has 0 aromatic heterocycles. The number of aliphatic imine (C=N–C) groups is 1. The van der Waals surface area contributed by atoms with Crippen LogP contribution < -0.4 is 5.32 Å². The molecule has 134 valence electrons. The summed E-state index contributed by atoms with van der Waals surface area (Å²) in [6.07, 6.45) is 1.05. The van der Waals surface area contributed by atoms with E-state index in [1.807, 2.05) is 0 Å². The first-order chi connectivity index (χ1) is 11.0. The number of carbonyl (C=O) groups excluding carboxylic acids is 1. The van der Waals surface area contributed by atoms with E-state index in [-0.39, 0.29) is 10.7 Å². The Kier molecular flexibility index (Phi) is 7.25. The summed E-state index contributed by atoms with van der Waals surface area (Å²) in [6, 6.07) is 4.41. The molecule has 8 heteroatoms. The topological polar surface area (TPSA) is 70.9 Å². The van der Waals surface area contributed by atoms with Crippen LogP contribution >= 0.6 is 27.7 Å². The fourth-order valence-electron chi connectivity index (χ4n) is 1.83. The van der Waals surface area contributed by atoms with Crippen LogP contribution in [-0.4, -0.2) is 34.8 Å². The van der Waals surface area contributed by atoms with Crippen molar-refractivity contribution in [3.8, 4) is 0 Å². The predicted molar refractivity (Wildman–Crippen MR) is 98.9 cm³/mol. The third-order valence-corrected chi connectivity index (χ3v) is 4.04. The van der Waals surface area contributed by atoms with Crippen molar-refractivity contribution in [2.45, 2.75) is 38.8 Å². The molecule has 1 aromatic carbocycles.